The molecule has 1 saturated heterocycles. The van der Waals surface area contributed by atoms with Gasteiger partial charge in [-0.15, -0.1) is 23.7 Å². The maximum atomic E-state index is 11.9. The number of carbonyl (C=O) groups is 1. The van der Waals surface area contributed by atoms with E-state index in [1.807, 2.05) is 22.4 Å². The van der Waals surface area contributed by atoms with Crippen LogP contribution in [0.2, 0.25) is 0 Å². The van der Waals surface area contributed by atoms with Crippen molar-refractivity contribution in [3.63, 3.8) is 0 Å². The van der Waals surface area contributed by atoms with Crippen molar-refractivity contribution in [2.24, 2.45) is 5.73 Å². The first kappa shape index (κ1) is 13.5. The van der Waals surface area contributed by atoms with Crippen molar-refractivity contribution in [1.82, 2.24) is 4.90 Å². The third-order valence-corrected chi connectivity index (χ3v) is 3.67. The summed E-state index contributed by atoms with van der Waals surface area (Å²) in [6.07, 6.45) is 2.43. The van der Waals surface area contributed by atoms with Gasteiger partial charge in [0.2, 0.25) is 5.91 Å². The minimum atomic E-state index is 0. The van der Waals surface area contributed by atoms with E-state index >= 15 is 0 Å². The van der Waals surface area contributed by atoms with E-state index in [1.54, 1.807) is 11.3 Å². The molecule has 0 unspecified atom stereocenters. The molecule has 0 aromatic carbocycles. The van der Waals surface area contributed by atoms with Crippen molar-refractivity contribution in [2.45, 2.75) is 25.3 Å². The molecule has 2 rings (SSSR count). The Hall–Kier alpha value is -0.580. The highest BCUT2D eigenvalue weighted by atomic mass is 35.5. The van der Waals surface area contributed by atoms with Gasteiger partial charge in [0.1, 0.15) is 0 Å². The molecule has 2 heterocycles. The Morgan fingerprint density at radius 1 is 1.50 bits per heavy atom. The normalized spacial score (nSPS) is 16.9. The van der Waals surface area contributed by atoms with Gasteiger partial charge in [0, 0.05) is 24.0 Å². The lowest BCUT2D eigenvalue weighted by Gasteiger charge is -2.30. The van der Waals surface area contributed by atoms with Gasteiger partial charge in [-0.1, -0.05) is 6.07 Å². The van der Waals surface area contributed by atoms with Crippen molar-refractivity contribution in [1.29, 1.82) is 0 Å². The van der Waals surface area contributed by atoms with Gasteiger partial charge in [-0.25, -0.2) is 0 Å². The maximum Gasteiger partial charge on any atom is 0.227 e. The van der Waals surface area contributed by atoms with Gasteiger partial charge >= 0.3 is 0 Å². The first-order valence-electron chi connectivity index (χ1n) is 5.31. The molecule has 1 aliphatic rings. The number of thiophene rings is 1. The van der Waals surface area contributed by atoms with Crippen molar-refractivity contribution in [3.8, 4) is 0 Å². The Kier molecular flexibility index (Phi) is 5.25. The van der Waals surface area contributed by atoms with Gasteiger partial charge in [0.05, 0.1) is 6.42 Å². The standard InChI is InChI=1S/C11H16N2OS.ClH/c12-9-3-5-13(6-4-9)11(14)8-10-2-1-7-15-10;/h1-2,7,9H,3-6,8,12H2;1H. The zero-order valence-corrected chi connectivity index (χ0v) is 10.7. The number of halogens is 1. The minimum Gasteiger partial charge on any atom is -0.342 e. The number of nitrogens with zero attached hydrogens (tertiary/aromatic N) is 1. The fraction of sp³-hybridized carbons (Fsp3) is 0.545. The van der Waals surface area contributed by atoms with Crippen molar-refractivity contribution < 1.29 is 4.79 Å². The highest BCUT2D eigenvalue weighted by molar-refractivity contribution is 7.10. The summed E-state index contributed by atoms with van der Waals surface area (Å²) in [5, 5.41) is 2.01. The van der Waals surface area contributed by atoms with Gasteiger partial charge in [0.25, 0.3) is 0 Å². The zero-order valence-electron chi connectivity index (χ0n) is 9.09. The van der Waals surface area contributed by atoms with Gasteiger partial charge in [-0.2, -0.15) is 0 Å². The van der Waals surface area contributed by atoms with E-state index in [1.165, 1.54) is 0 Å². The van der Waals surface area contributed by atoms with E-state index in [9.17, 15) is 4.79 Å². The SMILES string of the molecule is Cl.NC1CCN(C(=O)Cc2cccs2)CC1. The van der Waals surface area contributed by atoms with Crippen LogP contribution in [0, 0.1) is 0 Å². The summed E-state index contributed by atoms with van der Waals surface area (Å²) in [6.45, 7) is 1.65. The Morgan fingerprint density at radius 2 is 2.19 bits per heavy atom. The second kappa shape index (κ2) is 6.23. The number of carbonyl (C=O) groups excluding carboxylic acids is 1. The summed E-state index contributed by atoms with van der Waals surface area (Å²) >= 11 is 1.64. The Labute approximate surface area is 106 Å². The number of rotatable bonds is 2. The number of hydrogen-bond acceptors (Lipinski definition) is 3. The average Bonchev–Trinajstić information content (AvgIpc) is 2.71. The Bertz CT molecular complexity index is 321. The van der Waals surface area contributed by atoms with Crippen LogP contribution in [0.15, 0.2) is 17.5 Å². The molecule has 0 aliphatic carbocycles. The Morgan fingerprint density at radius 3 is 2.75 bits per heavy atom. The minimum absolute atomic E-state index is 0. The van der Waals surface area contributed by atoms with Crippen molar-refractivity contribution in [3.05, 3.63) is 22.4 Å². The van der Waals surface area contributed by atoms with Crippen LogP contribution in [0.25, 0.3) is 0 Å². The van der Waals surface area contributed by atoms with Crippen molar-refractivity contribution >= 4 is 29.7 Å². The largest absolute Gasteiger partial charge is 0.342 e. The second-order valence-electron chi connectivity index (χ2n) is 3.97. The van der Waals surface area contributed by atoms with Crippen LogP contribution in [-0.4, -0.2) is 29.9 Å². The number of amides is 1. The quantitative estimate of drug-likeness (QED) is 0.879. The molecule has 1 aliphatic heterocycles. The molecular formula is C11H17ClN2OS. The molecule has 2 N–H and O–H groups in total. The third-order valence-electron chi connectivity index (χ3n) is 2.80. The summed E-state index contributed by atoms with van der Waals surface area (Å²) in [7, 11) is 0. The van der Waals surface area contributed by atoms with Crippen LogP contribution < -0.4 is 5.73 Å². The van der Waals surface area contributed by atoms with Gasteiger partial charge < -0.3 is 10.6 Å². The molecule has 1 amide bonds. The molecule has 1 fully saturated rings. The van der Waals surface area contributed by atoms with E-state index in [4.69, 9.17) is 5.73 Å². The molecule has 0 spiro atoms. The molecule has 0 atom stereocenters. The molecular weight excluding hydrogens is 244 g/mol. The molecule has 5 heteroatoms. The topological polar surface area (TPSA) is 46.3 Å². The van der Waals surface area contributed by atoms with Gasteiger partial charge in [-0.3, -0.25) is 4.79 Å². The van der Waals surface area contributed by atoms with Crippen LogP contribution in [0.5, 0.6) is 0 Å². The molecule has 0 radical (unpaired) electrons. The lowest BCUT2D eigenvalue weighted by Crippen LogP contribution is -2.43. The van der Waals surface area contributed by atoms with Crippen LogP contribution in [0.1, 0.15) is 17.7 Å². The highest BCUT2D eigenvalue weighted by Gasteiger charge is 2.20. The molecule has 90 valence electrons. The number of hydrogen-bond donors (Lipinski definition) is 1. The lowest BCUT2D eigenvalue weighted by atomic mass is 10.1. The van der Waals surface area contributed by atoms with Crippen LogP contribution >= 0.6 is 23.7 Å². The first-order valence-corrected chi connectivity index (χ1v) is 6.19. The van der Waals surface area contributed by atoms with E-state index in [0.717, 1.165) is 30.8 Å². The number of piperidine rings is 1. The number of likely N-dealkylation sites (tertiary alicyclic amines) is 1. The van der Waals surface area contributed by atoms with Gasteiger partial charge in [0.15, 0.2) is 0 Å². The second-order valence-corrected chi connectivity index (χ2v) is 5.01. The maximum absolute atomic E-state index is 11.9. The molecule has 0 bridgehead atoms. The summed E-state index contributed by atoms with van der Waals surface area (Å²) in [5.41, 5.74) is 5.80. The molecule has 0 saturated carbocycles. The van der Waals surface area contributed by atoms with Crippen LogP contribution in [-0.2, 0) is 11.2 Å². The van der Waals surface area contributed by atoms with Crippen LogP contribution in [0.4, 0.5) is 0 Å². The zero-order chi connectivity index (χ0) is 10.7. The van der Waals surface area contributed by atoms with E-state index in [-0.39, 0.29) is 24.4 Å². The Balaban J connectivity index is 0.00000128. The molecule has 16 heavy (non-hydrogen) atoms. The van der Waals surface area contributed by atoms with E-state index in [0.29, 0.717) is 6.42 Å². The molecule has 3 nitrogen and oxygen atoms in total. The van der Waals surface area contributed by atoms with Crippen LogP contribution in [0.3, 0.4) is 0 Å². The average molecular weight is 261 g/mol. The summed E-state index contributed by atoms with van der Waals surface area (Å²) < 4.78 is 0. The summed E-state index contributed by atoms with van der Waals surface area (Å²) in [4.78, 5) is 14.9. The molecule has 1 aromatic rings. The summed E-state index contributed by atoms with van der Waals surface area (Å²) in [5.74, 6) is 0.240. The predicted molar refractivity (Wildman–Crippen MR) is 69.1 cm³/mol. The van der Waals surface area contributed by atoms with E-state index < -0.39 is 0 Å². The number of nitrogens with two attached hydrogens (primary N) is 1. The van der Waals surface area contributed by atoms with Gasteiger partial charge in [-0.05, 0) is 24.3 Å². The lowest BCUT2D eigenvalue weighted by molar-refractivity contribution is -0.131. The highest BCUT2D eigenvalue weighted by Crippen LogP contribution is 2.13. The fourth-order valence-electron chi connectivity index (χ4n) is 1.82. The predicted octanol–water partition coefficient (Wildman–Crippen LogP) is 1.66. The fourth-order valence-corrected chi connectivity index (χ4v) is 2.52. The summed E-state index contributed by atoms with van der Waals surface area (Å²) in [6, 6.07) is 4.29. The molecule has 1 aromatic heterocycles. The third kappa shape index (κ3) is 3.47. The monoisotopic (exact) mass is 260 g/mol. The smallest absolute Gasteiger partial charge is 0.227 e. The van der Waals surface area contributed by atoms with Crippen molar-refractivity contribution in [2.75, 3.05) is 13.1 Å². The van der Waals surface area contributed by atoms with E-state index in [2.05, 4.69) is 0 Å². The first-order chi connectivity index (χ1) is 7.25.